The third kappa shape index (κ3) is 3.76. The summed E-state index contributed by atoms with van der Waals surface area (Å²) >= 11 is 0. The highest BCUT2D eigenvalue weighted by Gasteiger charge is 2.19. The van der Waals surface area contributed by atoms with Crippen molar-refractivity contribution in [2.45, 2.75) is 38.2 Å². The molecule has 2 rings (SSSR count). The van der Waals surface area contributed by atoms with E-state index < -0.39 is 0 Å². The van der Waals surface area contributed by atoms with Gasteiger partial charge in [0.1, 0.15) is 6.61 Å². The SMILES string of the molecule is O=C(CCC1CCNC1)OCC1CCCO1. The Balaban J connectivity index is 1.53. The lowest BCUT2D eigenvalue weighted by Crippen LogP contribution is -2.18. The van der Waals surface area contributed by atoms with Crippen LogP contribution in [-0.2, 0) is 14.3 Å². The number of rotatable bonds is 5. The summed E-state index contributed by atoms with van der Waals surface area (Å²) in [6, 6.07) is 0. The second-order valence-corrected chi connectivity index (χ2v) is 4.72. The molecule has 0 spiro atoms. The van der Waals surface area contributed by atoms with E-state index in [2.05, 4.69) is 5.32 Å². The Morgan fingerprint density at radius 1 is 1.44 bits per heavy atom. The molecule has 4 heteroatoms. The number of esters is 1. The lowest BCUT2D eigenvalue weighted by Gasteiger charge is -2.11. The second kappa shape index (κ2) is 6.21. The highest BCUT2D eigenvalue weighted by molar-refractivity contribution is 5.69. The first kappa shape index (κ1) is 11.9. The van der Waals surface area contributed by atoms with Crippen molar-refractivity contribution in [3.63, 3.8) is 0 Å². The smallest absolute Gasteiger partial charge is 0.305 e. The van der Waals surface area contributed by atoms with Crippen LogP contribution in [0.25, 0.3) is 0 Å². The summed E-state index contributed by atoms with van der Waals surface area (Å²) < 4.78 is 10.6. The number of hydrogen-bond donors (Lipinski definition) is 1. The minimum atomic E-state index is -0.0672. The van der Waals surface area contributed by atoms with E-state index in [0.717, 1.165) is 39.0 Å². The maximum Gasteiger partial charge on any atom is 0.305 e. The van der Waals surface area contributed by atoms with Crippen molar-refractivity contribution >= 4 is 5.97 Å². The number of nitrogens with one attached hydrogen (secondary N) is 1. The van der Waals surface area contributed by atoms with Crippen molar-refractivity contribution in [2.75, 3.05) is 26.3 Å². The summed E-state index contributed by atoms with van der Waals surface area (Å²) in [5.41, 5.74) is 0. The van der Waals surface area contributed by atoms with Crippen molar-refractivity contribution < 1.29 is 14.3 Å². The Labute approximate surface area is 96.7 Å². The van der Waals surface area contributed by atoms with Gasteiger partial charge < -0.3 is 14.8 Å². The molecule has 2 unspecified atom stereocenters. The molecule has 0 aromatic carbocycles. The number of hydrogen-bond acceptors (Lipinski definition) is 4. The molecule has 2 aliphatic heterocycles. The predicted octanol–water partition coefficient (Wildman–Crippen LogP) is 1.10. The molecule has 2 fully saturated rings. The van der Waals surface area contributed by atoms with Gasteiger partial charge in [-0.15, -0.1) is 0 Å². The molecule has 0 aromatic rings. The molecule has 2 aliphatic rings. The topological polar surface area (TPSA) is 47.6 Å². The Morgan fingerprint density at radius 2 is 2.38 bits per heavy atom. The van der Waals surface area contributed by atoms with Crippen LogP contribution in [0.5, 0.6) is 0 Å². The zero-order valence-corrected chi connectivity index (χ0v) is 9.74. The van der Waals surface area contributed by atoms with Crippen LogP contribution in [0.4, 0.5) is 0 Å². The van der Waals surface area contributed by atoms with Gasteiger partial charge in [-0.2, -0.15) is 0 Å². The lowest BCUT2D eigenvalue weighted by atomic mass is 10.0. The van der Waals surface area contributed by atoms with Crippen LogP contribution in [0.15, 0.2) is 0 Å². The van der Waals surface area contributed by atoms with Crippen LogP contribution in [0.3, 0.4) is 0 Å². The van der Waals surface area contributed by atoms with Gasteiger partial charge in [0.25, 0.3) is 0 Å². The zero-order chi connectivity index (χ0) is 11.2. The van der Waals surface area contributed by atoms with Crippen molar-refractivity contribution in [3.8, 4) is 0 Å². The highest BCUT2D eigenvalue weighted by atomic mass is 16.6. The van der Waals surface area contributed by atoms with E-state index in [4.69, 9.17) is 9.47 Å². The molecule has 16 heavy (non-hydrogen) atoms. The largest absolute Gasteiger partial charge is 0.463 e. The Kier molecular flexibility index (Phi) is 4.60. The molecule has 0 aliphatic carbocycles. The van der Waals surface area contributed by atoms with E-state index in [1.807, 2.05) is 0 Å². The fourth-order valence-corrected chi connectivity index (χ4v) is 2.32. The molecule has 2 saturated heterocycles. The van der Waals surface area contributed by atoms with Crippen LogP contribution in [0, 0.1) is 5.92 Å². The molecular formula is C12H21NO3. The van der Waals surface area contributed by atoms with Gasteiger partial charge >= 0.3 is 5.97 Å². The summed E-state index contributed by atoms with van der Waals surface area (Å²) in [6.07, 6.45) is 4.97. The van der Waals surface area contributed by atoms with Crippen molar-refractivity contribution in [1.82, 2.24) is 5.32 Å². The molecule has 0 aromatic heterocycles. The van der Waals surface area contributed by atoms with E-state index in [-0.39, 0.29) is 12.1 Å². The Morgan fingerprint density at radius 3 is 3.06 bits per heavy atom. The Hall–Kier alpha value is -0.610. The summed E-state index contributed by atoms with van der Waals surface area (Å²) in [7, 11) is 0. The van der Waals surface area contributed by atoms with Crippen LogP contribution in [-0.4, -0.2) is 38.4 Å². The van der Waals surface area contributed by atoms with Gasteiger partial charge in [0, 0.05) is 13.0 Å². The lowest BCUT2D eigenvalue weighted by molar-refractivity contribution is -0.147. The minimum Gasteiger partial charge on any atom is -0.463 e. The van der Waals surface area contributed by atoms with Crippen LogP contribution in [0.1, 0.15) is 32.1 Å². The van der Waals surface area contributed by atoms with Crippen LogP contribution >= 0.6 is 0 Å². The number of carbonyl (C=O) groups is 1. The number of carbonyl (C=O) groups excluding carboxylic acids is 1. The van der Waals surface area contributed by atoms with Gasteiger partial charge in [0.2, 0.25) is 0 Å². The van der Waals surface area contributed by atoms with E-state index in [9.17, 15) is 4.79 Å². The quantitative estimate of drug-likeness (QED) is 0.714. The van der Waals surface area contributed by atoms with E-state index >= 15 is 0 Å². The fraction of sp³-hybridized carbons (Fsp3) is 0.917. The van der Waals surface area contributed by atoms with Gasteiger partial charge in [-0.3, -0.25) is 4.79 Å². The summed E-state index contributed by atoms with van der Waals surface area (Å²) in [5, 5.41) is 3.30. The van der Waals surface area contributed by atoms with Crippen molar-refractivity contribution in [3.05, 3.63) is 0 Å². The molecule has 0 amide bonds. The summed E-state index contributed by atoms with van der Waals surface area (Å²) in [5.74, 6) is 0.595. The van der Waals surface area contributed by atoms with Gasteiger partial charge in [-0.05, 0) is 44.7 Å². The molecule has 0 saturated carbocycles. The molecule has 2 heterocycles. The maximum absolute atomic E-state index is 11.5. The standard InChI is InChI=1S/C12H21NO3/c14-12(4-3-10-5-6-13-8-10)16-9-11-2-1-7-15-11/h10-11,13H,1-9H2. The van der Waals surface area contributed by atoms with Gasteiger partial charge in [-0.1, -0.05) is 0 Å². The minimum absolute atomic E-state index is 0.0672. The molecule has 0 radical (unpaired) electrons. The third-order valence-electron chi connectivity index (χ3n) is 3.37. The van der Waals surface area contributed by atoms with Crippen LogP contribution < -0.4 is 5.32 Å². The molecule has 92 valence electrons. The zero-order valence-electron chi connectivity index (χ0n) is 9.74. The normalized spacial score (nSPS) is 29.5. The second-order valence-electron chi connectivity index (χ2n) is 4.72. The molecule has 4 nitrogen and oxygen atoms in total. The Bertz CT molecular complexity index is 198. The first-order chi connectivity index (χ1) is 7.84. The van der Waals surface area contributed by atoms with E-state index in [0.29, 0.717) is 18.9 Å². The predicted molar refractivity (Wildman–Crippen MR) is 60.1 cm³/mol. The van der Waals surface area contributed by atoms with Crippen molar-refractivity contribution in [2.24, 2.45) is 5.92 Å². The maximum atomic E-state index is 11.5. The highest BCUT2D eigenvalue weighted by Crippen LogP contribution is 2.16. The molecule has 0 bridgehead atoms. The summed E-state index contributed by atoms with van der Waals surface area (Å²) in [4.78, 5) is 11.5. The number of ether oxygens (including phenoxy) is 2. The summed E-state index contributed by atoms with van der Waals surface area (Å²) in [6.45, 7) is 3.41. The van der Waals surface area contributed by atoms with Gasteiger partial charge in [-0.25, -0.2) is 0 Å². The average molecular weight is 227 g/mol. The molecule has 1 N–H and O–H groups in total. The molecular weight excluding hydrogens is 206 g/mol. The monoisotopic (exact) mass is 227 g/mol. The average Bonchev–Trinajstić information content (AvgIpc) is 2.96. The van der Waals surface area contributed by atoms with E-state index in [1.54, 1.807) is 0 Å². The van der Waals surface area contributed by atoms with E-state index in [1.165, 1.54) is 6.42 Å². The first-order valence-corrected chi connectivity index (χ1v) is 6.32. The molecule has 2 atom stereocenters. The van der Waals surface area contributed by atoms with Gasteiger partial charge in [0.15, 0.2) is 0 Å². The van der Waals surface area contributed by atoms with Crippen LogP contribution in [0.2, 0.25) is 0 Å². The fourth-order valence-electron chi connectivity index (χ4n) is 2.32. The van der Waals surface area contributed by atoms with Gasteiger partial charge in [0.05, 0.1) is 6.10 Å². The third-order valence-corrected chi connectivity index (χ3v) is 3.37. The first-order valence-electron chi connectivity index (χ1n) is 6.32. The van der Waals surface area contributed by atoms with Crippen molar-refractivity contribution in [1.29, 1.82) is 0 Å².